The number of Topliss-reactive ketones (excluding diaryl/α,β-unsaturated/α-hetero) is 1. The third-order valence-electron chi connectivity index (χ3n) is 7.31. The highest BCUT2D eigenvalue weighted by Gasteiger charge is 2.56. The van der Waals surface area contributed by atoms with E-state index in [1.807, 2.05) is 19.2 Å². The quantitative estimate of drug-likeness (QED) is 0.824. The minimum absolute atomic E-state index is 0.213. The van der Waals surface area contributed by atoms with E-state index in [4.69, 9.17) is 14.2 Å². The van der Waals surface area contributed by atoms with Gasteiger partial charge < -0.3 is 14.2 Å². The summed E-state index contributed by atoms with van der Waals surface area (Å²) in [7, 11) is 5.11. The van der Waals surface area contributed by atoms with Gasteiger partial charge in [-0.05, 0) is 66.5 Å². The zero-order chi connectivity index (χ0) is 17.8. The lowest BCUT2D eigenvalue weighted by Crippen LogP contribution is -2.45. The van der Waals surface area contributed by atoms with Gasteiger partial charge in [-0.2, -0.15) is 0 Å². The third-order valence-corrected chi connectivity index (χ3v) is 7.31. The van der Waals surface area contributed by atoms with Crippen LogP contribution in [-0.4, -0.2) is 33.2 Å². The van der Waals surface area contributed by atoms with Crippen LogP contribution in [0.25, 0.3) is 0 Å². The highest BCUT2D eigenvalue weighted by molar-refractivity contribution is 6.00. The normalized spacial score (nSPS) is 36.4. The van der Waals surface area contributed by atoms with Crippen LogP contribution in [0, 0.1) is 17.3 Å². The molecule has 1 aromatic rings. The molecule has 4 unspecified atom stereocenters. The van der Waals surface area contributed by atoms with Crippen LogP contribution < -0.4 is 9.47 Å². The number of rotatable bonds is 3. The molecule has 0 saturated heterocycles. The molecule has 0 bridgehead atoms. The number of methoxy groups -OCH3 is 3. The molecule has 136 valence electrons. The maximum Gasteiger partial charge on any atom is 0.163 e. The molecule has 0 N–H and O–H groups in total. The Bertz CT molecular complexity index is 697. The molecule has 0 radical (unpaired) electrons. The molecule has 2 fully saturated rings. The van der Waals surface area contributed by atoms with Crippen molar-refractivity contribution in [1.82, 2.24) is 0 Å². The van der Waals surface area contributed by atoms with Gasteiger partial charge in [-0.1, -0.05) is 6.92 Å². The first kappa shape index (κ1) is 16.9. The maximum atomic E-state index is 12.9. The Balaban J connectivity index is 1.75. The molecule has 4 nitrogen and oxygen atoms in total. The maximum absolute atomic E-state index is 12.9. The van der Waals surface area contributed by atoms with Gasteiger partial charge in [-0.3, -0.25) is 4.79 Å². The lowest BCUT2D eigenvalue weighted by Gasteiger charge is -2.50. The van der Waals surface area contributed by atoms with Crippen LogP contribution in [0.1, 0.15) is 60.9 Å². The molecule has 25 heavy (non-hydrogen) atoms. The van der Waals surface area contributed by atoms with E-state index < -0.39 is 0 Å². The van der Waals surface area contributed by atoms with Gasteiger partial charge in [0.1, 0.15) is 0 Å². The molecular formula is C21H28O4. The van der Waals surface area contributed by atoms with Crippen molar-refractivity contribution >= 4 is 5.78 Å². The van der Waals surface area contributed by atoms with Gasteiger partial charge in [0.15, 0.2) is 17.3 Å². The zero-order valence-electron chi connectivity index (χ0n) is 15.6. The van der Waals surface area contributed by atoms with Crippen LogP contribution in [0.5, 0.6) is 11.5 Å². The largest absolute Gasteiger partial charge is 0.493 e. The van der Waals surface area contributed by atoms with Crippen molar-refractivity contribution in [1.29, 1.82) is 0 Å². The molecule has 0 amide bonds. The van der Waals surface area contributed by atoms with E-state index in [1.165, 1.54) is 18.4 Å². The Morgan fingerprint density at radius 2 is 1.76 bits per heavy atom. The first-order valence-electron chi connectivity index (χ1n) is 9.35. The molecule has 4 heteroatoms. The van der Waals surface area contributed by atoms with E-state index in [9.17, 15) is 4.79 Å². The molecule has 0 spiro atoms. The number of benzene rings is 1. The number of ether oxygens (including phenoxy) is 3. The van der Waals surface area contributed by atoms with E-state index in [0.717, 1.165) is 24.2 Å². The van der Waals surface area contributed by atoms with Gasteiger partial charge in [-0.15, -0.1) is 0 Å². The zero-order valence-corrected chi connectivity index (χ0v) is 15.6. The second-order valence-electron chi connectivity index (χ2n) is 8.14. The number of ketones is 1. The van der Waals surface area contributed by atoms with Crippen molar-refractivity contribution in [3.63, 3.8) is 0 Å². The second kappa shape index (κ2) is 6.01. The van der Waals surface area contributed by atoms with Crippen LogP contribution in [0.4, 0.5) is 0 Å². The van der Waals surface area contributed by atoms with Gasteiger partial charge in [-0.25, -0.2) is 0 Å². The molecule has 0 heterocycles. The highest BCUT2D eigenvalue weighted by Crippen LogP contribution is 2.61. The van der Waals surface area contributed by atoms with Crippen molar-refractivity contribution in [3.05, 3.63) is 23.3 Å². The Morgan fingerprint density at radius 1 is 1.04 bits per heavy atom. The molecule has 0 aromatic heterocycles. The summed E-state index contributed by atoms with van der Waals surface area (Å²) in [6.07, 6.45) is 5.57. The van der Waals surface area contributed by atoms with Crippen LogP contribution in [-0.2, 0) is 4.74 Å². The van der Waals surface area contributed by atoms with E-state index in [-0.39, 0.29) is 11.2 Å². The summed E-state index contributed by atoms with van der Waals surface area (Å²) in [5.41, 5.74) is 2.22. The lowest BCUT2D eigenvalue weighted by molar-refractivity contribution is -0.0427. The Kier molecular flexibility index (Phi) is 4.06. The van der Waals surface area contributed by atoms with Gasteiger partial charge in [0.2, 0.25) is 0 Å². The summed E-state index contributed by atoms with van der Waals surface area (Å²) in [5, 5.41) is 0. The molecule has 3 aliphatic carbocycles. The molecule has 1 aromatic carbocycles. The topological polar surface area (TPSA) is 44.8 Å². The van der Waals surface area contributed by atoms with Crippen molar-refractivity contribution < 1.29 is 19.0 Å². The Morgan fingerprint density at radius 3 is 2.44 bits per heavy atom. The van der Waals surface area contributed by atoms with Crippen molar-refractivity contribution in [3.8, 4) is 11.5 Å². The van der Waals surface area contributed by atoms with Crippen molar-refractivity contribution in [2.24, 2.45) is 17.3 Å². The van der Waals surface area contributed by atoms with E-state index in [0.29, 0.717) is 36.0 Å². The number of fused-ring (bicyclic) bond motifs is 5. The summed E-state index contributed by atoms with van der Waals surface area (Å²) in [6.45, 7) is 2.38. The average Bonchev–Trinajstić information content (AvgIpc) is 2.97. The van der Waals surface area contributed by atoms with Gasteiger partial charge in [0.25, 0.3) is 0 Å². The minimum Gasteiger partial charge on any atom is -0.493 e. The van der Waals surface area contributed by atoms with Crippen molar-refractivity contribution in [2.45, 2.75) is 51.0 Å². The van der Waals surface area contributed by atoms with Crippen LogP contribution >= 0.6 is 0 Å². The average molecular weight is 344 g/mol. The minimum atomic E-state index is 0.213. The monoisotopic (exact) mass is 344 g/mol. The number of hydrogen-bond donors (Lipinski definition) is 0. The molecule has 2 saturated carbocycles. The van der Waals surface area contributed by atoms with Gasteiger partial charge in [0, 0.05) is 19.1 Å². The molecular weight excluding hydrogens is 316 g/mol. The summed E-state index contributed by atoms with van der Waals surface area (Å²) in [5.74, 6) is 3.07. The van der Waals surface area contributed by atoms with Crippen LogP contribution in [0.15, 0.2) is 12.1 Å². The number of carbonyl (C=O) groups excluding carboxylic acids is 1. The summed E-state index contributed by atoms with van der Waals surface area (Å²) in [6, 6.07) is 3.93. The second-order valence-corrected chi connectivity index (χ2v) is 8.14. The first-order chi connectivity index (χ1) is 12.0. The predicted octanol–water partition coefficient (Wildman–Crippen LogP) is 4.22. The predicted molar refractivity (Wildman–Crippen MR) is 95.6 cm³/mol. The van der Waals surface area contributed by atoms with E-state index >= 15 is 0 Å². The van der Waals surface area contributed by atoms with Gasteiger partial charge in [0.05, 0.1) is 20.3 Å². The molecule has 4 rings (SSSR count). The van der Waals surface area contributed by atoms with Crippen LogP contribution in [0.3, 0.4) is 0 Å². The number of carbonyl (C=O) groups is 1. The standard InChI is InChI=1S/C21H28O4/c1-21-8-7-12-13-10-18(23-2)19(24-3)11-15(13)17(22)9-14(12)16(21)5-6-20(21)25-4/h10-12,14,16,20H,5-9H2,1-4H3/t12?,14?,16?,20?,21-/m0/s1. The van der Waals surface area contributed by atoms with Gasteiger partial charge >= 0.3 is 0 Å². The summed E-state index contributed by atoms with van der Waals surface area (Å²) < 4.78 is 16.7. The highest BCUT2D eigenvalue weighted by atomic mass is 16.5. The fourth-order valence-corrected chi connectivity index (χ4v) is 6.06. The SMILES string of the molecule is COc1cc2c(cc1OC)C1CC[C@]3(C)C(OC)CCC3C1CC2=O. The number of hydrogen-bond acceptors (Lipinski definition) is 4. The smallest absolute Gasteiger partial charge is 0.163 e. The van der Waals surface area contributed by atoms with E-state index in [1.54, 1.807) is 14.2 Å². The fraction of sp³-hybridized carbons (Fsp3) is 0.667. The fourth-order valence-electron chi connectivity index (χ4n) is 6.06. The van der Waals surface area contributed by atoms with E-state index in [2.05, 4.69) is 6.92 Å². The first-order valence-corrected chi connectivity index (χ1v) is 9.35. The summed E-state index contributed by atoms with van der Waals surface area (Å²) >= 11 is 0. The Hall–Kier alpha value is -1.55. The molecule has 3 aliphatic rings. The third kappa shape index (κ3) is 2.33. The van der Waals surface area contributed by atoms with Crippen LogP contribution in [0.2, 0.25) is 0 Å². The lowest BCUT2D eigenvalue weighted by atomic mass is 9.55. The molecule has 0 aliphatic heterocycles. The molecule has 5 atom stereocenters. The Labute approximate surface area is 149 Å². The van der Waals surface area contributed by atoms with Crippen molar-refractivity contribution in [2.75, 3.05) is 21.3 Å². The summed E-state index contributed by atoms with van der Waals surface area (Å²) in [4.78, 5) is 12.9.